The molecule has 2 unspecified atom stereocenters. The van der Waals surface area contributed by atoms with Crippen molar-refractivity contribution in [3.8, 4) is 5.75 Å². The van der Waals surface area contributed by atoms with Gasteiger partial charge in [-0.05, 0) is 43.9 Å². The van der Waals surface area contributed by atoms with Crippen molar-refractivity contribution in [2.24, 2.45) is 5.92 Å². The average molecular weight is 263 g/mol. The number of hydrogen-bond acceptors (Lipinski definition) is 3. The van der Waals surface area contributed by atoms with E-state index in [-0.39, 0.29) is 0 Å². The van der Waals surface area contributed by atoms with Crippen molar-refractivity contribution in [3.63, 3.8) is 0 Å². The summed E-state index contributed by atoms with van der Waals surface area (Å²) in [5, 5.41) is 3.52. The van der Waals surface area contributed by atoms with Gasteiger partial charge in [-0.25, -0.2) is 0 Å². The van der Waals surface area contributed by atoms with Gasteiger partial charge in [0.1, 0.15) is 5.75 Å². The first kappa shape index (κ1) is 14.4. The van der Waals surface area contributed by atoms with E-state index in [4.69, 9.17) is 9.47 Å². The average Bonchev–Trinajstić information content (AvgIpc) is 2.91. The summed E-state index contributed by atoms with van der Waals surface area (Å²) in [6.45, 7) is 6.00. The molecule has 1 aromatic carbocycles. The highest BCUT2D eigenvalue weighted by Gasteiger charge is 2.25. The molecular formula is C16H25NO2. The Morgan fingerprint density at radius 3 is 2.95 bits per heavy atom. The lowest BCUT2D eigenvalue weighted by atomic mass is 10.00. The third-order valence-corrected chi connectivity index (χ3v) is 3.67. The van der Waals surface area contributed by atoms with Crippen LogP contribution in [0.4, 0.5) is 0 Å². The molecule has 0 aromatic heterocycles. The van der Waals surface area contributed by atoms with Gasteiger partial charge in [0.15, 0.2) is 0 Å². The van der Waals surface area contributed by atoms with E-state index < -0.39 is 0 Å². The van der Waals surface area contributed by atoms with Gasteiger partial charge in [0, 0.05) is 13.2 Å². The Balaban J connectivity index is 1.50. The maximum Gasteiger partial charge on any atom is 0.119 e. The zero-order valence-electron chi connectivity index (χ0n) is 11.8. The van der Waals surface area contributed by atoms with E-state index in [0.29, 0.717) is 12.0 Å². The van der Waals surface area contributed by atoms with Crippen LogP contribution in [0.2, 0.25) is 0 Å². The summed E-state index contributed by atoms with van der Waals surface area (Å²) in [5.74, 6) is 1.65. The summed E-state index contributed by atoms with van der Waals surface area (Å²) in [6, 6.07) is 9.99. The molecule has 1 heterocycles. The van der Waals surface area contributed by atoms with E-state index in [2.05, 4.69) is 12.2 Å². The summed E-state index contributed by atoms with van der Waals surface area (Å²) < 4.78 is 11.3. The highest BCUT2D eigenvalue weighted by Crippen LogP contribution is 2.22. The van der Waals surface area contributed by atoms with Crippen molar-refractivity contribution in [2.75, 3.05) is 26.3 Å². The van der Waals surface area contributed by atoms with Crippen LogP contribution in [0.25, 0.3) is 0 Å². The summed E-state index contributed by atoms with van der Waals surface area (Å²) in [5.41, 5.74) is 0. The first-order valence-corrected chi connectivity index (χ1v) is 7.40. The van der Waals surface area contributed by atoms with Crippen LogP contribution in [0.15, 0.2) is 30.3 Å². The number of hydrogen-bond donors (Lipinski definition) is 1. The SMILES string of the molecule is CCC1OCCC1CNCCCOc1ccccc1. The molecule has 2 atom stereocenters. The Bertz CT molecular complexity index is 342. The molecule has 0 radical (unpaired) electrons. The van der Waals surface area contributed by atoms with Crippen LogP contribution in [0.1, 0.15) is 26.2 Å². The minimum absolute atomic E-state index is 0.466. The molecule has 1 fully saturated rings. The van der Waals surface area contributed by atoms with Crippen LogP contribution in [-0.2, 0) is 4.74 Å². The van der Waals surface area contributed by atoms with Gasteiger partial charge in [0.2, 0.25) is 0 Å². The fourth-order valence-electron chi connectivity index (χ4n) is 2.57. The van der Waals surface area contributed by atoms with E-state index >= 15 is 0 Å². The van der Waals surface area contributed by atoms with E-state index in [1.54, 1.807) is 0 Å². The molecule has 2 rings (SSSR count). The third-order valence-electron chi connectivity index (χ3n) is 3.67. The van der Waals surface area contributed by atoms with E-state index in [1.807, 2.05) is 30.3 Å². The molecule has 0 spiro atoms. The fourth-order valence-corrected chi connectivity index (χ4v) is 2.57. The van der Waals surface area contributed by atoms with Gasteiger partial charge in [0.05, 0.1) is 12.7 Å². The predicted octanol–water partition coefficient (Wildman–Crippen LogP) is 2.86. The predicted molar refractivity (Wildman–Crippen MR) is 77.6 cm³/mol. The highest BCUT2D eigenvalue weighted by molar-refractivity contribution is 5.20. The molecule has 19 heavy (non-hydrogen) atoms. The maximum atomic E-state index is 5.69. The molecule has 106 valence electrons. The minimum atomic E-state index is 0.466. The molecule has 1 saturated heterocycles. The molecular weight excluding hydrogens is 238 g/mol. The number of nitrogens with one attached hydrogen (secondary N) is 1. The molecule has 3 nitrogen and oxygen atoms in total. The topological polar surface area (TPSA) is 30.5 Å². The number of benzene rings is 1. The standard InChI is InChI=1S/C16H25NO2/c1-2-16-14(9-12-19-16)13-17-10-6-11-18-15-7-4-3-5-8-15/h3-5,7-8,14,16-17H,2,6,9-13H2,1H3. The molecule has 1 N–H and O–H groups in total. The second-order valence-corrected chi connectivity index (χ2v) is 5.09. The molecule has 0 bridgehead atoms. The van der Waals surface area contributed by atoms with Crippen molar-refractivity contribution in [2.45, 2.75) is 32.3 Å². The van der Waals surface area contributed by atoms with Gasteiger partial charge in [0.25, 0.3) is 0 Å². The van der Waals surface area contributed by atoms with Crippen LogP contribution in [0.5, 0.6) is 5.75 Å². The van der Waals surface area contributed by atoms with Crippen LogP contribution >= 0.6 is 0 Å². The fraction of sp³-hybridized carbons (Fsp3) is 0.625. The maximum absolute atomic E-state index is 5.69. The van der Waals surface area contributed by atoms with Crippen LogP contribution in [0, 0.1) is 5.92 Å². The second kappa shape index (κ2) is 8.18. The van der Waals surface area contributed by atoms with Gasteiger partial charge in [-0.1, -0.05) is 25.1 Å². The molecule has 1 aliphatic rings. The van der Waals surface area contributed by atoms with Gasteiger partial charge < -0.3 is 14.8 Å². The van der Waals surface area contributed by atoms with Gasteiger partial charge in [-0.15, -0.1) is 0 Å². The monoisotopic (exact) mass is 263 g/mol. The van der Waals surface area contributed by atoms with E-state index in [1.165, 1.54) is 6.42 Å². The molecule has 0 amide bonds. The van der Waals surface area contributed by atoms with Crippen molar-refractivity contribution in [1.29, 1.82) is 0 Å². The Kier molecular flexibility index (Phi) is 6.18. The van der Waals surface area contributed by atoms with E-state index in [9.17, 15) is 0 Å². The van der Waals surface area contributed by atoms with Crippen molar-refractivity contribution < 1.29 is 9.47 Å². The summed E-state index contributed by atoms with van der Waals surface area (Å²) in [7, 11) is 0. The number of ether oxygens (including phenoxy) is 2. The zero-order valence-corrected chi connectivity index (χ0v) is 11.8. The lowest BCUT2D eigenvalue weighted by molar-refractivity contribution is 0.0872. The van der Waals surface area contributed by atoms with Crippen LogP contribution in [-0.4, -0.2) is 32.4 Å². The molecule has 1 aliphatic heterocycles. The first-order chi connectivity index (χ1) is 9.40. The Labute approximate surface area is 116 Å². The zero-order chi connectivity index (χ0) is 13.3. The van der Waals surface area contributed by atoms with E-state index in [0.717, 1.165) is 44.9 Å². The van der Waals surface area contributed by atoms with Crippen molar-refractivity contribution in [1.82, 2.24) is 5.32 Å². The van der Waals surface area contributed by atoms with Gasteiger partial charge in [-0.2, -0.15) is 0 Å². The Morgan fingerprint density at radius 1 is 1.32 bits per heavy atom. The van der Waals surface area contributed by atoms with Crippen LogP contribution in [0.3, 0.4) is 0 Å². The number of para-hydroxylation sites is 1. The lowest BCUT2D eigenvalue weighted by Gasteiger charge is -2.17. The van der Waals surface area contributed by atoms with Crippen molar-refractivity contribution in [3.05, 3.63) is 30.3 Å². The third kappa shape index (κ3) is 4.84. The second-order valence-electron chi connectivity index (χ2n) is 5.09. The Hall–Kier alpha value is -1.06. The van der Waals surface area contributed by atoms with Crippen molar-refractivity contribution >= 4 is 0 Å². The highest BCUT2D eigenvalue weighted by atomic mass is 16.5. The summed E-state index contributed by atoms with van der Waals surface area (Å²) in [4.78, 5) is 0. The first-order valence-electron chi connectivity index (χ1n) is 7.40. The minimum Gasteiger partial charge on any atom is -0.494 e. The molecule has 3 heteroatoms. The van der Waals surface area contributed by atoms with Gasteiger partial charge >= 0.3 is 0 Å². The largest absolute Gasteiger partial charge is 0.494 e. The Morgan fingerprint density at radius 2 is 2.16 bits per heavy atom. The summed E-state index contributed by atoms with van der Waals surface area (Å²) >= 11 is 0. The normalized spacial score (nSPS) is 22.6. The smallest absolute Gasteiger partial charge is 0.119 e. The summed E-state index contributed by atoms with van der Waals surface area (Å²) in [6.07, 6.45) is 3.84. The molecule has 0 saturated carbocycles. The van der Waals surface area contributed by atoms with Gasteiger partial charge in [-0.3, -0.25) is 0 Å². The quantitative estimate of drug-likeness (QED) is 0.732. The van der Waals surface area contributed by atoms with Crippen LogP contribution < -0.4 is 10.1 Å². The lowest BCUT2D eigenvalue weighted by Crippen LogP contribution is -2.29. The number of rotatable bonds is 8. The molecule has 0 aliphatic carbocycles. The molecule has 1 aromatic rings.